The SMILES string of the molecule is O=C1O[C@@H]2COC(c3ccccc3)O[C@@H]2[C@@H]1O. The maximum Gasteiger partial charge on any atom is 0.338 e. The fourth-order valence-electron chi connectivity index (χ4n) is 2.06. The van der Waals surface area contributed by atoms with Crippen molar-refractivity contribution in [3.63, 3.8) is 0 Å². The average molecular weight is 236 g/mol. The van der Waals surface area contributed by atoms with Crippen LogP contribution in [0, 0.1) is 0 Å². The van der Waals surface area contributed by atoms with Crippen molar-refractivity contribution in [1.82, 2.24) is 0 Å². The number of esters is 1. The standard InChI is InChI=1S/C12H12O5/c13-9-10-8(16-11(9)14)6-15-12(17-10)7-4-2-1-3-5-7/h1-5,8-10,12-13H,6H2/t8-,9+,10+,12?/m1/s1. The van der Waals surface area contributed by atoms with Crippen molar-refractivity contribution in [2.45, 2.75) is 24.6 Å². The van der Waals surface area contributed by atoms with Gasteiger partial charge in [-0.2, -0.15) is 0 Å². The smallest absolute Gasteiger partial charge is 0.338 e. The first-order valence-corrected chi connectivity index (χ1v) is 5.46. The fraction of sp³-hybridized carbons (Fsp3) is 0.417. The molecule has 3 rings (SSSR count). The molecule has 2 aliphatic rings. The van der Waals surface area contributed by atoms with Gasteiger partial charge in [0.15, 0.2) is 18.5 Å². The van der Waals surface area contributed by atoms with Gasteiger partial charge < -0.3 is 19.3 Å². The Morgan fingerprint density at radius 2 is 2.00 bits per heavy atom. The third-order valence-corrected chi connectivity index (χ3v) is 2.95. The summed E-state index contributed by atoms with van der Waals surface area (Å²) in [6, 6.07) is 9.39. The van der Waals surface area contributed by atoms with Gasteiger partial charge >= 0.3 is 5.97 Å². The fourth-order valence-corrected chi connectivity index (χ4v) is 2.06. The highest BCUT2D eigenvalue weighted by molar-refractivity contribution is 5.77. The van der Waals surface area contributed by atoms with Crippen molar-refractivity contribution in [3.8, 4) is 0 Å². The van der Waals surface area contributed by atoms with Crippen LogP contribution in [0.2, 0.25) is 0 Å². The van der Waals surface area contributed by atoms with Crippen LogP contribution in [0.5, 0.6) is 0 Å². The monoisotopic (exact) mass is 236 g/mol. The maximum atomic E-state index is 11.2. The van der Waals surface area contributed by atoms with E-state index >= 15 is 0 Å². The first-order chi connectivity index (χ1) is 8.25. The van der Waals surface area contributed by atoms with E-state index in [-0.39, 0.29) is 6.61 Å². The molecule has 2 saturated heterocycles. The molecule has 4 atom stereocenters. The molecule has 0 aliphatic carbocycles. The van der Waals surface area contributed by atoms with E-state index in [1.807, 2.05) is 30.3 Å². The third-order valence-electron chi connectivity index (χ3n) is 2.95. The summed E-state index contributed by atoms with van der Waals surface area (Å²) in [5.74, 6) is -0.641. The summed E-state index contributed by atoms with van der Waals surface area (Å²) < 4.78 is 15.9. The number of carbonyl (C=O) groups is 1. The van der Waals surface area contributed by atoms with Gasteiger partial charge in [0.05, 0.1) is 6.61 Å². The minimum Gasteiger partial charge on any atom is -0.455 e. The predicted molar refractivity (Wildman–Crippen MR) is 55.9 cm³/mol. The largest absolute Gasteiger partial charge is 0.455 e. The van der Waals surface area contributed by atoms with E-state index in [9.17, 15) is 9.90 Å². The lowest BCUT2D eigenvalue weighted by molar-refractivity contribution is -0.251. The average Bonchev–Trinajstić information content (AvgIpc) is 2.66. The number of hydrogen-bond donors (Lipinski definition) is 1. The number of aliphatic hydroxyl groups is 1. The first kappa shape index (κ1) is 10.7. The Labute approximate surface area is 97.9 Å². The number of ether oxygens (including phenoxy) is 3. The normalized spacial score (nSPS) is 36.4. The zero-order valence-electron chi connectivity index (χ0n) is 8.98. The molecule has 2 fully saturated rings. The summed E-state index contributed by atoms with van der Waals surface area (Å²) in [6.07, 6.45) is -2.91. The van der Waals surface area contributed by atoms with Crippen LogP contribution < -0.4 is 0 Å². The van der Waals surface area contributed by atoms with Crippen molar-refractivity contribution >= 4 is 5.97 Å². The molecule has 90 valence electrons. The Balaban J connectivity index is 1.78. The van der Waals surface area contributed by atoms with Crippen LogP contribution in [0.1, 0.15) is 11.9 Å². The highest BCUT2D eigenvalue weighted by Gasteiger charge is 2.48. The van der Waals surface area contributed by atoms with Crippen molar-refractivity contribution in [3.05, 3.63) is 35.9 Å². The van der Waals surface area contributed by atoms with Gasteiger partial charge in [0.1, 0.15) is 6.10 Å². The molecule has 1 aromatic carbocycles. The molecule has 5 nitrogen and oxygen atoms in total. The molecule has 5 heteroatoms. The van der Waals surface area contributed by atoms with Gasteiger partial charge in [-0.3, -0.25) is 0 Å². The van der Waals surface area contributed by atoms with Crippen LogP contribution >= 0.6 is 0 Å². The zero-order chi connectivity index (χ0) is 11.8. The topological polar surface area (TPSA) is 65.0 Å². The zero-order valence-corrected chi connectivity index (χ0v) is 8.98. The number of fused-ring (bicyclic) bond motifs is 1. The molecule has 0 bridgehead atoms. The van der Waals surface area contributed by atoms with Crippen LogP contribution in [-0.4, -0.2) is 36.0 Å². The highest BCUT2D eigenvalue weighted by atomic mass is 16.7. The van der Waals surface area contributed by atoms with Gasteiger partial charge in [-0.05, 0) is 0 Å². The van der Waals surface area contributed by atoms with Gasteiger partial charge in [0, 0.05) is 5.56 Å². The number of rotatable bonds is 1. The molecule has 1 N–H and O–H groups in total. The second-order valence-electron chi connectivity index (χ2n) is 4.10. The minimum absolute atomic E-state index is 0.243. The van der Waals surface area contributed by atoms with Gasteiger partial charge in [-0.15, -0.1) is 0 Å². The van der Waals surface area contributed by atoms with Crippen molar-refractivity contribution in [2.75, 3.05) is 6.61 Å². The lowest BCUT2D eigenvalue weighted by Crippen LogP contribution is -2.42. The van der Waals surface area contributed by atoms with Crippen molar-refractivity contribution in [1.29, 1.82) is 0 Å². The first-order valence-electron chi connectivity index (χ1n) is 5.46. The molecule has 0 spiro atoms. The maximum absolute atomic E-state index is 11.2. The Kier molecular flexibility index (Phi) is 2.58. The summed E-state index contributed by atoms with van der Waals surface area (Å²) in [5.41, 5.74) is 0.859. The van der Waals surface area contributed by atoms with E-state index < -0.39 is 30.6 Å². The number of hydrogen-bond acceptors (Lipinski definition) is 5. The van der Waals surface area contributed by atoms with Crippen molar-refractivity contribution in [2.24, 2.45) is 0 Å². The molecule has 1 unspecified atom stereocenters. The summed E-state index contributed by atoms with van der Waals surface area (Å²) >= 11 is 0. The third kappa shape index (κ3) is 1.82. The Hall–Kier alpha value is -1.43. The molecule has 2 heterocycles. The molecule has 17 heavy (non-hydrogen) atoms. The van der Waals surface area contributed by atoms with E-state index in [0.717, 1.165) is 5.56 Å². The second kappa shape index (κ2) is 4.10. The van der Waals surface area contributed by atoms with Crippen LogP contribution in [0.15, 0.2) is 30.3 Å². The minimum atomic E-state index is -1.21. The van der Waals surface area contributed by atoms with Gasteiger partial charge in [-0.25, -0.2) is 4.79 Å². The lowest BCUT2D eigenvalue weighted by Gasteiger charge is -2.31. The molecule has 0 saturated carbocycles. The van der Waals surface area contributed by atoms with E-state index in [0.29, 0.717) is 0 Å². The molecular weight excluding hydrogens is 224 g/mol. The van der Waals surface area contributed by atoms with Crippen LogP contribution in [0.4, 0.5) is 0 Å². The Morgan fingerprint density at radius 3 is 2.76 bits per heavy atom. The molecule has 0 aromatic heterocycles. The van der Waals surface area contributed by atoms with Crippen molar-refractivity contribution < 1.29 is 24.1 Å². The second-order valence-corrected chi connectivity index (χ2v) is 4.10. The van der Waals surface area contributed by atoms with Crippen LogP contribution in [0.25, 0.3) is 0 Å². The predicted octanol–water partition coefficient (Wildman–Crippen LogP) is 0.387. The lowest BCUT2D eigenvalue weighted by atomic mass is 10.1. The molecule has 1 aromatic rings. The number of aliphatic hydroxyl groups excluding tert-OH is 1. The van der Waals surface area contributed by atoms with E-state index in [1.54, 1.807) is 0 Å². The Morgan fingerprint density at radius 1 is 1.24 bits per heavy atom. The van der Waals surface area contributed by atoms with Gasteiger partial charge in [0.25, 0.3) is 0 Å². The van der Waals surface area contributed by atoms with Gasteiger partial charge in [0.2, 0.25) is 0 Å². The number of benzene rings is 1. The Bertz CT molecular complexity index is 418. The van der Waals surface area contributed by atoms with Crippen LogP contribution in [0.3, 0.4) is 0 Å². The molecular formula is C12H12O5. The molecule has 2 aliphatic heterocycles. The summed E-state index contributed by atoms with van der Waals surface area (Å²) in [4.78, 5) is 11.2. The molecule has 0 amide bonds. The highest BCUT2D eigenvalue weighted by Crippen LogP contribution is 2.32. The summed E-state index contributed by atoms with van der Waals surface area (Å²) in [7, 11) is 0. The van der Waals surface area contributed by atoms with Crippen LogP contribution in [-0.2, 0) is 19.0 Å². The molecule has 0 radical (unpaired) electrons. The summed E-state index contributed by atoms with van der Waals surface area (Å²) in [6.45, 7) is 0.243. The number of carbonyl (C=O) groups excluding carboxylic acids is 1. The van der Waals surface area contributed by atoms with E-state index in [1.165, 1.54) is 0 Å². The quantitative estimate of drug-likeness (QED) is 0.714. The van der Waals surface area contributed by atoms with Gasteiger partial charge in [-0.1, -0.05) is 30.3 Å². The van der Waals surface area contributed by atoms with E-state index in [4.69, 9.17) is 14.2 Å². The van der Waals surface area contributed by atoms with E-state index in [2.05, 4.69) is 0 Å². The summed E-state index contributed by atoms with van der Waals surface area (Å²) in [5, 5.41) is 9.60.